The molecule has 0 N–H and O–H groups in total. The van der Waals surface area contributed by atoms with Crippen LogP contribution in [0.4, 0.5) is 0 Å². The summed E-state index contributed by atoms with van der Waals surface area (Å²) in [5.74, 6) is 0. The van der Waals surface area contributed by atoms with E-state index in [-0.39, 0.29) is 31.1 Å². The van der Waals surface area contributed by atoms with Crippen molar-refractivity contribution in [2.75, 3.05) is 0 Å². The van der Waals surface area contributed by atoms with Crippen molar-refractivity contribution < 1.29 is 0 Å². The van der Waals surface area contributed by atoms with Crippen LogP contribution in [0.1, 0.15) is 112 Å². The van der Waals surface area contributed by atoms with Gasteiger partial charge >= 0.3 is 0 Å². The zero-order valence-electron chi connectivity index (χ0n) is 26.8. The standard InChI is InChI=1S/C35H50N2S4/c1-32(2,3)38-28-17-13-19-30-24(28)21-36-26-15-11-12-16-27(26)37-22-25-29(39-33(4,5)6)18-14-20-31(25)41-35(9,10)23-34(7,8)40-30/h13-14,17-22,26-27H,11-12,15-16,23H2,1-10H3. The highest BCUT2D eigenvalue weighted by Gasteiger charge is 2.33. The van der Waals surface area contributed by atoms with Gasteiger partial charge in [0.2, 0.25) is 0 Å². The topological polar surface area (TPSA) is 24.7 Å². The molecule has 0 radical (unpaired) electrons. The molecule has 0 spiro atoms. The van der Waals surface area contributed by atoms with Crippen LogP contribution in [-0.4, -0.2) is 43.5 Å². The van der Waals surface area contributed by atoms with Crippen molar-refractivity contribution in [3.8, 4) is 0 Å². The summed E-state index contributed by atoms with van der Waals surface area (Å²) < 4.78 is 0.351. The molecule has 1 saturated carbocycles. The molecule has 2 aliphatic rings. The van der Waals surface area contributed by atoms with Crippen LogP contribution >= 0.6 is 47.0 Å². The third-order valence-electron chi connectivity index (χ3n) is 6.99. The number of hydrogen-bond acceptors (Lipinski definition) is 6. The van der Waals surface area contributed by atoms with Crippen molar-refractivity contribution in [3.63, 3.8) is 0 Å². The molecule has 0 saturated heterocycles. The maximum absolute atomic E-state index is 5.33. The molecular formula is C35H50N2S4. The maximum atomic E-state index is 5.33. The molecule has 6 heteroatoms. The SMILES string of the molecule is CC(C)(C)Sc1cccc2c1C=NC1CCCCC1N=Cc1c(SC(C)(C)C)cccc1SC(C)(C)CC(C)(C)S2. The molecule has 0 bridgehead atoms. The van der Waals surface area contributed by atoms with Gasteiger partial charge in [0, 0.05) is 62.1 Å². The Labute approximate surface area is 267 Å². The highest BCUT2D eigenvalue weighted by molar-refractivity contribution is 8.02. The van der Waals surface area contributed by atoms with E-state index in [1.807, 2.05) is 47.0 Å². The lowest BCUT2D eigenvalue weighted by atomic mass is 9.91. The van der Waals surface area contributed by atoms with E-state index < -0.39 is 0 Å². The van der Waals surface area contributed by atoms with Crippen molar-refractivity contribution in [3.05, 3.63) is 47.5 Å². The maximum Gasteiger partial charge on any atom is 0.0723 e. The smallest absolute Gasteiger partial charge is 0.0723 e. The van der Waals surface area contributed by atoms with Gasteiger partial charge < -0.3 is 0 Å². The van der Waals surface area contributed by atoms with Crippen LogP contribution in [0.3, 0.4) is 0 Å². The fourth-order valence-electron chi connectivity index (χ4n) is 5.79. The number of nitrogens with zero attached hydrogens (tertiary/aromatic N) is 2. The Kier molecular flexibility index (Phi) is 10.5. The quantitative estimate of drug-likeness (QED) is 0.310. The highest BCUT2D eigenvalue weighted by Crippen LogP contribution is 2.48. The molecule has 41 heavy (non-hydrogen) atoms. The van der Waals surface area contributed by atoms with Crippen molar-refractivity contribution in [2.45, 2.75) is 152 Å². The zero-order valence-corrected chi connectivity index (χ0v) is 30.1. The van der Waals surface area contributed by atoms with Gasteiger partial charge in [-0.1, -0.05) is 94.2 Å². The van der Waals surface area contributed by atoms with Crippen LogP contribution in [-0.2, 0) is 0 Å². The molecule has 0 amide bonds. The Morgan fingerprint density at radius 3 is 1.41 bits per heavy atom. The Hall–Kier alpha value is -0.820. The summed E-state index contributed by atoms with van der Waals surface area (Å²) in [5, 5.41) is 0. The first-order valence-corrected chi connectivity index (χ1v) is 18.4. The van der Waals surface area contributed by atoms with E-state index in [0.717, 1.165) is 19.3 Å². The van der Waals surface area contributed by atoms with Gasteiger partial charge in [-0.2, -0.15) is 0 Å². The fourth-order valence-corrected chi connectivity index (χ4v) is 11.1. The highest BCUT2D eigenvalue weighted by atomic mass is 32.2. The predicted molar refractivity (Wildman–Crippen MR) is 190 cm³/mol. The molecule has 2 unspecified atom stereocenters. The minimum Gasteiger partial charge on any atom is -0.287 e. The van der Waals surface area contributed by atoms with Crippen molar-refractivity contribution in [1.82, 2.24) is 0 Å². The molecular weight excluding hydrogens is 577 g/mol. The third-order valence-corrected chi connectivity index (χ3v) is 11.9. The zero-order chi connectivity index (χ0) is 30.1. The van der Waals surface area contributed by atoms with E-state index in [2.05, 4.69) is 118 Å². The van der Waals surface area contributed by atoms with E-state index >= 15 is 0 Å². The number of thioether (sulfide) groups is 4. The first-order chi connectivity index (χ1) is 19.0. The minimum absolute atomic E-state index is 0.0453. The van der Waals surface area contributed by atoms with Gasteiger partial charge in [0.05, 0.1) is 12.1 Å². The average molecular weight is 627 g/mol. The monoisotopic (exact) mass is 626 g/mol. The van der Waals surface area contributed by atoms with Crippen LogP contribution in [0, 0.1) is 0 Å². The number of benzene rings is 2. The largest absolute Gasteiger partial charge is 0.287 e. The first kappa shape index (κ1) is 33.1. The molecule has 224 valence electrons. The molecule has 2 aromatic rings. The number of hydrogen-bond donors (Lipinski definition) is 0. The molecule has 2 aromatic carbocycles. The Bertz CT molecular complexity index is 1170. The van der Waals surface area contributed by atoms with Gasteiger partial charge in [0.1, 0.15) is 0 Å². The second-order valence-electron chi connectivity index (χ2n) is 14.6. The summed E-state index contributed by atoms with van der Waals surface area (Å²) in [6.07, 6.45) is 10.2. The van der Waals surface area contributed by atoms with Crippen molar-refractivity contribution in [1.29, 1.82) is 0 Å². The lowest BCUT2D eigenvalue weighted by Crippen LogP contribution is -2.28. The van der Waals surface area contributed by atoms with Crippen molar-refractivity contribution >= 4 is 59.5 Å². The summed E-state index contributed by atoms with van der Waals surface area (Å²) >= 11 is 7.93. The predicted octanol–water partition coefficient (Wildman–Crippen LogP) is 11.5. The molecule has 2 nitrogen and oxygen atoms in total. The summed E-state index contributed by atoms with van der Waals surface area (Å²) in [7, 11) is 0. The van der Waals surface area contributed by atoms with Gasteiger partial charge in [0.15, 0.2) is 0 Å². The Morgan fingerprint density at radius 2 is 1.05 bits per heavy atom. The van der Waals surface area contributed by atoms with Crippen LogP contribution in [0.25, 0.3) is 0 Å². The van der Waals surface area contributed by atoms with Crippen LogP contribution in [0.15, 0.2) is 66.0 Å². The van der Waals surface area contributed by atoms with Gasteiger partial charge in [0.25, 0.3) is 0 Å². The fraction of sp³-hybridized carbons (Fsp3) is 0.600. The van der Waals surface area contributed by atoms with E-state index in [1.165, 1.54) is 43.6 Å². The summed E-state index contributed by atoms with van der Waals surface area (Å²) in [6.45, 7) is 23.4. The molecule has 4 rings (SSSR count). The second-order valence-corrected chi connectivity index (χ2v) is 21.9. The van der Waals surface area contributed by atoms with Gasteiger partial charge in [-0.3, -0.25) is 9.98 Å². The van der Waals surface area contributed by atoms with Crippen LogP contribution in [0.2, 0.25) is 0 Å². The van der Waals surface area contributed by atoms with E-state index in [1.54, 1.807) is 0 Å². The van der Waals surface area contributed by atoms with E-state index in [9.17, 15) is 0 Å². The van der Waals surface area contributed by atoms with Crippen LogP contribution in [0.5, 0.6) is 0 Å². The summed E-state index contributed by atoms with van der Waals surface area (Å²) in [4.78, 5) is 16.0. The molecule has 1 heterocycles. The average Bonchev–Trinajstić information content (AvgIpc) is 2.80. The number of fused-ring (bicyclic) bond motifs is 3. The lowest BCUT2D eigenvalue weighted by molar-refractivity contribution is 0.390. The Balaban J connectivity index is 1.85. The van der Waals surface area contributed by atoms with Gasteiger partial charge in [-0.05, 0) is 43.5 Å². The normalized spacial score (nSPS) is 23.1. The minimum atomic E-state index is 0.0453. The third kappa shape index (κ3) is 9.84. The molecule has 1 fully saturated rings. The van der Waals surface area contributed by atoms with Gasteiger partial charge in [-0.25, -0.2) is 0 Å². The second kappa shape index (κ2) is 13.0. The van der Waals surface area contributed by atoms with Crippen LogP contribution < -0.4 is 0 Å². The lowest BCUT2D eigenvalue weighted by Gasteiger charge is -2.35. The number of rotatable bonds is 2. The summed E-state index contributed by atoms with van der Waals surface area (Å²) in [5.41, 5.74) is 2.57. The first-order valence-electron chi connectivity index (χ1n) is 15.1. The summed E-state index contributed by atoms with van der Waals surface area (Å²) in [6, 6.07) is 14.1. The molecule has 1 aliphatic carbocycles. The molecule has 0 aromatic heterocycles. The molecule has 1 aliphatic heterocycles. The van der Waals surface area contributed by atoms with E-state index in [4.69, 9.17) is 9.98 Å². The van der Waals surface area contributed by atoms with Crippen molar-refractivity contribution in [2.24, 2.45) is 9.98 Å². The Morgan fingerprint density at radius 1 is 0.659 bits per heavy atom. The molecule has 2 atom stereocenters. The van der Waals surface area contributed by atoms with Gasteiger partial charge in [-0.15, -0.1) is 47.0 Å². The van der Waals surface area contributed by atoms with E-state index in [0.29, 0.717) is 0 Å². The number of aliphatic imine (C=N–C) groups is 2.